The average Bonchev–Trinajstić information content (AvgIpc) is 3.13. The molecule has 1 aliphatic rings. The third kappa shape index (κ3) is 4.17. The molecule has 4 rings (SSSR count). The zero-order valence-corrected chi connectivity index (χ0v) is 17.1. The Bertz CT molecular complexity index is 1030. The van der Waals surface area contributed by atoms with Crippen molar-refractivity contribution in [3.8, 4) is 0 Å². The monoisotopic (exact) mass is 406 g/mol. The predicted molar refractivity (Wildman–Crippen MR) is 113 cm³/mol. The fourth-order valence-corrected chi connectivity index (χ4v) is 4.05. The second kappa shape index (κ2) is 9.02. The third-order valence-corrected chi connectivity index (χ3v) is 5.59. The molecule has 30 heavy (non-hydrogen) atoms. The van der Waals surface area contributed by atoms with Gasteiger partial charge in [0.2, 0.25) is 5.91 Å². The maximum absolute atomic E-state index is 13.0. The van der Waals surface area contributed by atoms with Gasteiger partial charge < -0.3 is 14.8 Å². The molecule has 2 aromatic heterocycles. The highest BCUT2D eigenvalue weighted by Crippen LogP contribution is 2.32. The number of amides is 2. The molecule has 1 aromatic carbocycles. The van der Waals surface area contributed by atoms with E-state index >= 15 is 0 Å². The van der Waals surface area contributed by atoms with Gasteiger partial charge in [0.15, 0.2) is 0 Å². The zero-order valence-electron chi connectivity index (χ0n) is 17.1. The minimum Gasteiger partial charge on any atom is -0.351 e. The van der Waals surface area contributed by atoms with Crippen LogP contribution in [0, 0.1) is 0 Å². The van der Waals surface area contributed by atoms with Crippen molar-refractivity contribution in [3.63, 3.8) is 0 Å². The van der Waals surface area contributed by atoms with Crippen molar-refractivity contribution in [3.05, 3.63) is 54.4 Å². The first-order valence-corrected chi connectivity index (χ1v) is 10.4. The fraction of sp³-hybridized carbons (Fsp3) is 0.409. The lowest BCUT2D eigenvalue weighted by molar-refractivity contribution is -0.135. The lowest BCUT2D eigenvalue weighted by Gasteiger charge is -2.35. The van der Waals surface area contributed by atoms with Crippen molar-refractivity contribution < 1.29 is 9.59 Å². The molecule has 0 bridgehead atoms. The van der Waals surface area contributed by atoms with E-state index in [0.29, 0.717) is 19.4 Å². The van der Waals surface area contributed by atoms with Gasteiger partial charge in [-0.15, -0.1) is 0 Å². The minimum atomic E-state index is -0.272. The second-order valence-electron chi connectivity index (χ2n) is 7.57. The molecule has 156 valence electrons. The SMILES string of the molecule is Cn1c([C@H]2CCCCN2C(=O)CCCNC(=O)c2cnccn2)nc2ccccc21. The van der Waals surface area contributed by atoms with Crippen molar-refractivity contribution in [2.24, 2.45) is 7.05 Å². The summed E-state index contributed by atoms with van der Waals surface area (Å²) < 4.78 is 2.10. The Balaban J connectivity index is 1.37. The summed E-state index contributed by atoms with van der Waals surface area (Å²) in [6.45, 7) is 1.17. The highest BCUT2D eigenvalue weighted by Gasteiger charge is 2.31. The number of aromatic nitrogens is 4. The Morgan fingerprint density at radius 2 is 2.07 bits per heavy atom. The summed E-state index contributed by atoms with van der Waals surface area (Å²) in [5, 5.41) is 2.80. The number of fused-ring (bicyclic) bond motifs is 1. The molecule has 3 heterocycles. The highest BCUT2D eigenvalue weighted by molar-refractivity contribution is 5.91. The molecule has 0 unspecified atom stereocenters. The number of benzene rings is 1. The lowest BCUT2D eigenvalue weighted by Crippen LogP contribution is -2.39. The molecule has 0 aliphatic carbocycles. The van der Waals surface area contributed by atoms with Crippen LogP contribution < -0.4 is 5.32 Å². The number of rotatable bonds is 6. The van der Waals surface area contributed by atoms with E-state index in [0.717, 1.165) is 42.7 Å². The summed E-state index contributed by atoms with van der Waals surface area (Å²) in [5.41, 5.74) is 2.32. The number of hydrogen-bond acceptors (Lipinski definition) is 5. The zero-order chi connectivity index (χ0) is 20.9. The van der Waals surface area contributed by atoms with Gasteiger partial charge in [0.25, 0.3) is 5.91 Å². The number of para-hydroxylation sites is 2. The van der Waals surface area contributed by atoms with Crippen molar-refractivity contribution >= 4 is 22.8 Å². The van der Waals surface area contributed by atoms with Crippen LogP contribution in [0.5, 0.6) is 0 Å². The molecule has 1 atom stereocenters. The quantitative estimate of drug-likeness (QED) is 0.635. The van der Waals surface area contributed by atoms with E-state index in [1.165, 1.54) is 18.6 Å². The van der Waals surface area contributed by atoms with Gasteiger partial charge in [0.05, 0.1) is 23.3 Å². The summed E-state index contributed by atoms with van der Waals surface area (Å²) in [6.07, 6.45) is 8.42. The Labute approximate surface area is 175 Å². The molecule has 1 aliphatic heterocycles. The van der Waals surface area contributed by atoms with E-state index in [1.54, 1.807) is 0 Å². The summed E-state index contributed by atoms with van der Waals surface area (Å²) >= 11 is 0. The first-order valence-electron chi connectivity index (χ1n) is 10.4. The van der Waals surface area contributed by atoms with Crippen molar-refractivity contribution in [2.45, 2.75) is 38.1 Å². The largest absolute Gasteiger partial charge is 0.351 e. The van der Waals surface area contributed by atoms with Gasteiger partial charge in [-0.3, -0.25) is 14.6 Å². The van der Waals surface area contributed by atoms with Gasteiger partial charge in [-0.1, -0.05) is 12.1 Å². The standard InChI is InChI=1S/C22H26N6O2/c1-27-18-8-3-2-7-16(18)26-21(27)19-9-4-5-14-28(19)20(29)10-6-11-25-22(30)17-15-23-12-13-24-17/h2-3,7-8,12-13,15,19H,4-6,9-11,14H2,1H3,(H,25,30)/t19-/m1/s1. The normalized spacial score (nSPS) is 16.6. The Kier molecular flexibility index (Phi) is 6.02. The van der Waals surface area contributed by atoms with Gasteiger partial charge in [0.1, 0.15) is 11.5 Å². The van der Waals surface area contributed by atoms with Crippen LogP contribution in [0.15, 0.2) is 42.9 Å². The molecule has 0 spiro atoms. The van der Waals surface area contributed by atoms with E-state index in [-0.39, 0.29) is 23.6 Å². The van der Waals surface area contributed by atoms with E-state index in [2.05, 4.69) is 25.9 Å². The molecule has 1 saturated heterocycles. The van der Waals surface area contributed by atoms with Gasteiger partial charge in [0, 0.05) is 39.0 Å². The number of likely N-dealkylation sites (tertiary alicyclic amines) is 1. The summed E-state index contributed by atoms with van der Waals surface area (Å²) in [6, 6.07) is 8.05. The molecule has 3 aromatic rings. The van der Waals surface area contributed by atoms with E-state index in [9.17, 15) is 9.59 Å². The molecule has 0 radical (unpaired) electrons. The number of piperidine rings is 1. The molecule has 0 saturated carbocycles. The Hall–Kier alpha value is -3.29. The van der Waals surface area contributed by atoms with Crippen LogP contribution >= 0.6 is 0 Å². The number of imidazole rings is 1. The lowest BCUT2D eigenvalue weighted by atomic mass is 10.0. The molecular formula is C22H26N6O2. The van der Waals surface area contributed by atoms with Gasteiger partial charge >= 0.3 is 0 Å². The van der Waals surface area contributed by atoms with Gasteiger partial charge in [-0.05, 0) is 37.8 Å². The number of hydrogen-bond donors (Lipinski definition) is 1. The first-order chi connectivity index (χ1) is 14.6. The molecule has 2 amide bonds. The van der Waals surface area contributed by atoms with Crippen LogP contribution in [0.1, 0.15) is 54.5 Å². The summed E-state index contributed by atoms with van der Waals surface area (Å²) in [7, 11) is 2.02. The molecule has 1 fully saturated rings. The first kappa shape index (κ1) is 20.0. The fourth-order valence-electron chi connectivity index (χ4n) is 4.05. The van der Waals surface area contributed by atoms with Crippen molar-refractivity contribution in [1.82, 2.24) is 29.7 Å². The number of carbonyl (C=O) groups excluding carboxylic acids is 2. The van der Waals surface area contributed by atoms with E-state index in [4.69, 9.17) is 4.98 Å². The number of carbonyl (C=O) groups is 2. The maximum atomic E-state index is 13.0. The highest BCUT2D eigenvalue weighted by atomic mass is 16.2. The summed E-state index contributed by atoms with van der Waals surface area (Å²) in [5.74, 6) is 0.784. The van der Waals surface area contributed by atoms with Crippen molar-refractivity contribution in [2.75, 3.05) is 13.1 Å². The van der Waals surface area contributed by atoms with Crippen LogP contribution in [0.4, 0.5) is 0 Å². The average molecular weight is 406 g/mol. The Morgan fingerprint density at radius 1 is 1.20 bits per heavy atom. The number of nitrogens with one attached hydrogen (secondary N) is 1. The van der Waals surface area contributed by atoms with Crippen LogP contribution in [0.25, 0.3) is 11.0 Å². The molecule has 8 heteroatoms. The maximum Gasteiger partial charge on any atom is 0.271 e. The number of aryl methyl sites for hydroxylation is 1. The van der Waals surface area contributed by atoms with Crippen LogP contribution in [0.2, 0.25) is 0 Å². The second-order valence-corrected chi connectivity index (χ2v) is 7.57. The minimum absolute atomic E-state index is 0.00201. The molecule has 1 N–H and O–H groups in total. The van der Waals surface area contributed by atoms with Crippen LogP contribution in [-0.2, 0) is 11.8 Å². The van der Waals surface area contributed by atoms with Crippen LogP contribution in [0.3, 0.4) is 0 Å². The number of nitrogens with zero attached hydrogens (tertiary/aromatic N) is 5. The molecule has 8 nitrogen and oxygen atoms in total. The smallest absolute Gasteiger partial charge is 0.271 e. The third-order valence-electron chi connectivity index (χ3n) is 5.59. The van der Waals surface area contributed by atoms with E-state index in [1.807, 2.05) is 30.1 Å². The predicted octanol–water partition coefficient (Wildman–Crippen LogP) is 2.63. The van der Waals surface area contributed by atoms with Gasteiger partial charge in [-0.2, -0.15) is 0 Å². The summed E-state index contributed by atoms with van der Waals surface area (Å²) in [4.78, 5) is 39.7. The van der Waals surface area contributed by atoms with E-state index < -0.39 is 0 Å². The Morgan fingerprint density at radius 3 is 2.87 bits per heavy atom. The topological polar surface area (TPSA) is 93.0 Å². The van der Waals surface area contributed by atoms with Gasteiger partial charge in [-0.25, -0.2) is 9.97 Å². The van der Waals surface area contributed by atoms with Crippen molar-refractivity contribution in [1.29, 1.82) is 0 Å². The van der Waals surface area contributed by atoms with Crippen LogP contribution in [-0.4, -0.2) is 49.3 Å². The molecular weight excluding hydrogens is 380 g/mol.